The number of fused-ring (bicyclic) bond motifs is 2. The third-order valence-corrected chi connectivity index (χ3v) is 4.85. The summed E-state index contributed by atoms with van der Waals surface area (Å²) in [5.41, 5.74) is 10.2. The van der Waals surface area contributed by atoms with Crippen LogP contribution in [0, 0.1) is 0 Å². The number of anilines is 2. The molecular weight excluding hydrogens is 338 g/mol. The van der Waals surface area contributed by atoms with Gasteiger partial charge in [-0.2, -0.15) is 0 Å². The number of carbonyl (C=O) groups excluding carboxylic acids is 2. The Kier molecular flexibility index (Phi) is 4.68. The molecule has 2 aliphatic rings. The highest BCUT2D eigenvalue weighted by Crippen LogP contribution is 2.31. The van der Waals surface area contributed by atoms with Gasteiger partial charge in [0.2, 0.25) is 0 Å². The monoisotopic (exact) mass is 357 g/mol. The summed E-state index contributed by atoms with van der Waals surface area (Å²) in [4.78, 5) is 28.5. The smallest absolute Gasteiger partial charge is 0.261 e. The van der Waals surface area contributed by atoms with E-state index in [-0.39, 0.29) is 24.2 Å². The summed E-state index contributed by atoms with van der Waals surface area (Å²) < 4.78 is 0. The molecule has 2 aromatic rings. The lowest BCUT2D eigenvalue weighted by Crippen LogP contribution is -2.40. The second kappa shape index (κ2) is 6.76. The minimum absolute atomic E-state index is 0. The zero-order valence-electron chi connectivity index (χ0n) is 13.8. The van der Waals surface area contributed by atoms with Crippen molar-refractivity contribution in [1.29, 1.82) is 0 Å². The summed E-state index contributed by atoms with van der Waals surface area (Å²) in [5, 5.41) is 0. The molecule has 2 heterocycles. The van der Waals surface area contributed by atoms with E-state index < -0.39 is 0 Å². The molecule has 0 fully saturated rings. The van der Waals surface area contributed by atoms with E-state index in [1.165, 1.54) is 10.5 Å². The van der Waals surface area contributed by atoms with Gasteiger partial charge in [-0.05, 0) is 42.7 Å². The Balaban J connectivity index is 0.00000182. The number of nitrogens with zero attached hydrogens (tertiary/aromatic N) is 2. The van der Waals surface area contributed by atoms with Crippen molar-refractivity contribution < 1.29 is 9.59 Å². The van der Waals surface area contributed by atoms with Crippen molar-refractivity contribution in [2.75, 3.05) is 30.3 Å². The number of imide groups is 1. The van der Waals surface area contributed by atoms with Gasteiger partial charge in [-0.25, -0.2) is 0 Å². The van der Waals surface area contributed by atoms with Gasteiger partial charge in [0.25, 0.3) is 11.8 Å². The number of benzene rings is 2. The highest BCUT2D eigenvalue weighted by molar-refractivity contribution is 6.21. The quantitative estimate of drug-likeness (QED) is 0.677. The molecule has 130 valence electrons. The Morgan fingerprint density at radius 2 is 1.60 bits per heavy atom. The number of hydrogen-bond donors (Lipinski definition) is 1. The second-order valence-corrected chi connectivity index (χ2v) is 6.24. The molecule has 4 rings (SSSR count). The van der Waals surface area contributed by atoms with Crippen LogP contribution in [0.1, 0.15) is 32.7 Å². The fraction of sp³-hybridized carbons (Fsp3) is 0.263. The van der Waals surface area contributed by atoms with Crippen molar-refractivity contribution in [1.82, 2.24) is 4.90 Å². The van der Waals surface area contributed by atoms with Gasteiger partial charge in [0, 0.05) is 31.0 Å². The normalized spacial score (nSPS) is 15.7. The van der Waals surface area contributed by atoms with E-state index in [1.54, 1.807) is 24.3 Å². The van der Waals surface area contributed by atoms with Crippen LogP contribution in [0.4, 0.5) is 11.4 Å². The minimum Gasteiger partial charge on any atom is -0.398 e. The fourth-order valence-electron chi connectivity index (χ4n) is 3.62. The van der Waals surface area contributed by atoms with E-state index in [2.05, 4.69) is 11.0 Å². The molecule has 6 heteroatoms. The number of carbonyl (C=O) groups is 2. The molecule has 0 unspecified atom stereocenters. The SMILES string of the molecule is Cl.Nc1cccc2c1CCCN2CCN1C(=O)c2ccccc2C1=O. The number of rotatable bonds is 3. The summed E-state index contributed by atoms with van der Waals surface area (Å²) in [7, 11) is 0. The molecule has 5 nitrogen and oxygen atoms in total. The van der Waals surface area contributed by atoms with E-state index in [1.807, 2.05) is 12.1 Å². The lowest BCUT2D eigenvalue weighted by Gasteiger charge is -2.33. The molecule has 25 heavy (non-hydrogen) atoms. The van der Waals surface area contributed by atoms with Crippen molar-refractivity contribution in [3.8, 4) is 0 Å². The van der Waals surface area contributed by atoms with Gasteiger partial charge in [-0.3, -0.25) is 14.5 Å². The van der Waals surface area contributed by atoms with Gasteiger partial charge in [0.1, 0.15) is 0 Å². The molecule has 2 N–H and O–H groups in total. The number of amides is 2. The maximum atomic E-state index is 12.4. The van der Waals surface area contributed by atoms with Crippen molar-refractivity contribution in [3.63, 3.8) is 0 Å². The Morgan fingerprint density at radius 1 is 0.920 bits per heavy atom. The van der Waals surface area contributed by atoms with Crippen LogP contribution in [0.3, 0.4) is 0 Å². The average molecular weight is 358 g/mol. The highest BCUT2D eigenvalue weighted by Gasteiger charge is 2.35. The second-order valence-electron chi connectivity index (χ2n) is 6.24. The first kappa shape index (κ1) is 17.3. The lowest BCUT2D eigenvalue weighted by molar-refractivity contribution is 0.0658. The Hall–Kier alpha value is -2.53. The van der Waals surface area contributed by atoms with Crippen LogP contribution >= 0.6 is 12.4 Å². The van der Waals surface area contributed by atoms with E-state index in [0.29, 0.717) is 24.2 Å². The maximum absolute atomic E-state index is 12.4. The molecular formula is C19H20ClN3O2. The highest BCUT2D eigenvalue weighted by atomic mass is 35.5. The molecule has 0 bridgehead atoms. The van der Waals surface area contributed by atoms with Crippen molar-refractivity contribution in [3.05, 3.63) is 59.2 Å². The first-order chi connectivity index (χ1) is 11.7. The third kappa shape index (κ3) is 2.85. The lowest BCUT2D eigenvalue weighted by atomic mass is 10.00. The molecule has 0 atom stereocenters. The average Bonchev–Trinajstić information content (AvgIpc) is 2.85. The third-order valence-electron chi connectivity index (χ3n) is 4.85. The maximum Gasteiger partial charge on any atom is 0.261 e. The van der Waals surface area contributed by atoms with E-state index in [0.717, 1.165) is 30.8 Å². The Morgan fingerprint density at radius 3 is 2.28 bits per heavy atom. The van der Waals surface area contributed by atoms with E-state index in [4.69, 9.17) is 5.73 Å². The van der Waals surface area contributed by atoms with Crippen molar-refractivity contribution >= 4 is 35.6 Å². The molecule has 0 spiro atoms. The molecule has 0 aromatic heterocycles. The number of nitrogen functional groups attached to an aromatic ring is 1. The first-order valence-corrected chi connectivity index (χ1v) is 8.24. The number of halogens is 1. The van der Waals surface area contributed by atoms with Crippen LogP contribution in [-0.2, 0) is 6.42 Å². The summed E-state index contributed by atoms with van der Waals surface area (Å²) in [6.45, 7) is 1.93. The molecule has 0 saturated carbocycles. The first-order valence-electron chi connectivity index (χ1n) is 8.24. The predicted molar refractivity (Wildman–Crippen MR) is 100 cm³/mol. The summed E-state index contributed by atoms with van der Waals surface area (Å²) in [6, 6.07) is 12.9. The predicted octanol–water partition coefficient (Wildman–Crippen LogP) is 2.74. The van der Waals surface area contributed by atoms with Gasteiger partial charge in [-0.15, -0.1) is 12.4 Å². The largest absolute Gasteiger partial charge is 0.398 e. The summed E-state index contributed by atoms with van der Waals surface area (Å²) in [6.07, 6.45) is 2.01. The zero-order chi connectivity index (χ0) is 16.7. The van der Waals surface area contributed by atoms with Gasteiger partial charge >= 0.3 is 0 Å². The fourth-order valence-corrected chi connectivity index (χ4v) is 3.62. The van der Waals surface area contributed by atoms with E-state index >= 15 is 0 Å². The van der Waals surface area contributed by atoms with Crippen LogP contribution in [0.25, 0.3) is 0 Å². The zero-order valence-corrected chi connectivity index (χ0v) is 14.6. The Bertz CT molecular complexity index is 802. The molecule has 0 radical (unpaired) electrons. The number of nitrogens with two attached hydrogens (primary N) is 1. The van der Waals surface area contributed by atoms with Gasteiger partial charge in [0.15, 0.2) is 0 Å². The van der Waals surface area contributed by atoms with Gasteiger partial charge in [0.05, 0.1) is 11.1 Å². The topological polar surface area (TPSA) is 66.6 Å². The molecule has 0 saturated heterocycles. The van der Waals surface area contributed by atoms with Crippen LogP contribution in [0.15, 0.2) is 42.5 Å². The molecule has 0 aliphatic carbocycles. The van der Waals surface area contributed by atoms with Gasteiger partial charge < -0.3 is 10.6 Å². The summed E-state index contributed by atoms with van der Waals surface area (Å²) >= 11 is 0. The summed E-state index contributed by atoms with van der Waals surface area (Å²) in [5.74, 6) is -0.388. The van der Waals surface area contributed by atoms with Crippen molar-refractivity contribution in [2.45, 2.75) is 12.8 Å². The molecule has 2 aromatic carbocycles. The van der Waals surface area contributed by atoms with Crippen LogP contribution in [-0.4, -0.2) is 36.3 Å². The standard InChI is InChI=1S/C19H19N3O2.ClH/c20-16-8-3-9-17-15(16)7-4-10-21(17)11-12-22-18(23)13-5-1-2-6-14(13)19(22)24;/h1-3,5-6,8-9H,4,7,10-12,20H2;1H. The minimum atomic E-state index is -0.194. The molecule has 2 aliphatic heterocycles. The number of hydrogen-bond acceptors (Lipinski definition) is 4. The molecule has 2 amide bonds. The van der Waals surface area contributed by atoms with Crippen LogP contribution < -0.4 is 10.6 Å². The van der Waals surface area contributed by atoms with Crippen LogP contribution in [0.2, 0.25) is 0 Å². The van der Waals surface area contributed by atoms with Crippen molar-refractivity contribution in [2.24, 2.45) is 0 Å². The van der Waals surface area contributed by atoms with E-state index in [9.17, 15) is 9.59 Å². The Labute approximate surface area is 152 Å². The van der Waals surface area contributed by atoms with Gasteiger partial charge in [-0.1, -0.05) is 18.2 Å². The van der Waals surface area contributed by atoms with Crippen LogP contribution in [0.5, 0.6) is 0 Å².